The molecule has 0 fully saturated rings. The maximum Gasteiger partial charge on any atom is 0.251 e. The van der Waals surface area contributed by atoms with E-state index in [0.717, 1.165) is 0 Å². The van der Waals surface area contributed by atoms with Gasteiger partial charge >= 0.3 is 0 Å². The van der Waals surface area contributed by atoms with Crippen molar-refractivity contribution in [3.63, 3.8) is 0 Å². The Morgan fingerprint density at radius 2 is 2.17 bits per heavy atom. The lowest BCUT2D eigenvalue weighted by molar-refractivity contribution is 0.959. The predicted octanol–water partition coefficient (Wildman–Crippen LogP) is 3.11. The van der Waals surface area contributed by atoms with E-state index in [9.17, 15) is 4.79 Å². The van der Waals surface area contributed by atoms with Crippen molar-refractivity contribution in [3.8, 4) is 0 Å². The fourth-order valence-corrected chi connectivity index (χ4v) is 2.60. The number of aromatic amines is 1. The summed E-state index contributed by atoms with van der Waals surface area (Å²) in [6, 6.07) is 9.56. The van der Waals surface area contributed by atoms with Crippen LogP contribution in [0.25, 0.3) is 0 Å². The van der Waals surface area contributed by atoms with Crippen LogP contribution in [0.4, 0.5) is 0 Å². The Hall–Kier alpha value is -1.26. The summed E-state index contributed by atoms with van der Waals surface area (Å²) < 4.78 is 0. The Balaban J connectivity index is 2.13. The fourth-order valence-electron chi connectivity index (χ4n) is 1.56. The molecule has 0 saturated carbocycles. The molecule has 0 unspecified atom stereocenters. The third-order valence-electron chi connectivity index (χ3n) is 2.44. The molecule has 0 bridgehead atoms. The summed E-state index contributed by atoms with van der Waals surface area (Å²) in [6.07, 6.45) is 0. The number of aryl methyl sites for hydroxylation is 1. The molecular formula is C13H13ClN2OS. The highest BCUT2D eigenvalue weighted by atomic mass is 35.5. The van der Waals surface area contributed by atoms with Crippen LogP contribution in [0.1, 0.15) is 17.1 Å². The molecule has 1 heterocycles. The normalized spacial score (nSPS) is 10.6. The van der Waals surface area contributed by atoms with Crippen LogP contribution in [0.2, 0.25) is 0 Å². The second-order valence-corrected chi connectivity index (χ2v) is 5.16. The van der Waals surface area contributed by atoms with Gasteiger partial charge in [0.2, 0.25) is 0 Å². The average molecular weight is 281 g/mol. The highest BCUT2D eigenvalue weighted by Gasteiger charge is 2.03. The quantitative estimate of drug-likeness (QED) is 0.691. The Morgan fingerprint density at radius 3 is 2.89 bits per heavy atom. The monoisotopic (exact) mass is 280 g/mol. The molecule has 0 aliphatic heterocycles. The maximum absolute atomic E-state index is 11.4. The minimum absolute atomic E-state index is 0.152. The molecule has 0 atom stereocenters. The zero-order valence-electron chi connectivity index (χ0n) is 9.94. The van der Waals surface area contributed by atoms with Gasteiger partial charge in [0, 0.05) is 11.0 Å². The zero-order valence-corrected chi connectivity index (χ0v) is 11.5. The van der Waals surface area contributed by atoms with Crippen molar-refractivity contribution in [3.05, 3.63) is 57.8 Å². The molecule has 94 valence electrons. The maximum atomic E-state index is 11.4. The van der Waals surface area contributed by atoms with Crippen molar-refractivity contribution >= 4 is 23.4 Å². The Labute approximate surface area is 115 Å². The minimum Gasteiger partial charge on any atom is -0.310 e. The molecule has 18 heavy (non-hydrogen) atoms. The van der Waals surface area contributed by atoms with Gasteiger partial charge in [0.1, 0.15) is 5.82 Å². The smallest absolute Gasteiger partial charge is 0.251 e. The van der Waals surface area contributed by atoms with Crippen molar-refractivity contribution in [2.24, 2.45) is 0 Å². The number of nitrogens with one attached hydrogen (secondary N) is 1. The first-order chi connectivity index (χ1) is 8.69. The van der Waals surface area contributed by atoms with Crippen molar-refractivity contribution in [2.75, 3.05) is 0 Å². The summed E-state index contributed by atoms with van der Waals surface area (Å²) in [5.74, 6) is 1.54. The van der Waals surface area contributed by atoms with E-state index >= 15 is 0 Å². The molecule has 1 N–H and O–H groups in total. The molecule has 5 heteroatoms. The minimum atomic E-state index is -0.152. The van der Waals surface area contributed by atoms with E-state index in [-0.39, 0.29) is 11.4 Å². The van der Waals surface area contributed by atoms with Gasteiger partial charge in [-0.3, -0.25) is 4.79 Å². The first-order valence-electron chi connectivity index (χ1n) is 5.52. The van der Waals surface area contributed by atoms with Gasteiger partial charge in [-0.05, 0) is 18.6 Å². The number of H-pyrrole nitrogens is 1. The highest BCUT2D eigenvalue weighted by molar-refractivity contribution is 7.98. The topological polar surface area (TPSA) is 45.8 Å². The molecule has 2 aromatic rings. The van der Waals surface area contributed by atoms with E-state index < -0.39 is 0 Å². The fraction of sp³-hybridized carbons (Fsp3) is 0.231. The van der Waals surface area contributed by atoms with Crippen LogP contribution < -0.4 is 5.56 Å². The second-order valence-electron chi connectivity index (χ2n) is 3.87. The Morgan fingerprint density at radius 1 is 1.39 bits per heavy atom. The van der Waals surface area contributed by atoms with E-state index in [0.29, 0.717) is 17.3 Å². The SMILES string of the molecule is Cc1ccccc1SCc1nc(CCl)cc(=O)[nH]1. The summed E-state index contributed by atoms with van der Waals surface area (Å²) in [5.41, 5.74) is 1.68. The number of hydrogen-bond acceptors (Lipinski definition) is 3. The highest BCUT2D eigenvalue weighted by Crippen LogP contribution is 2.24. The van der Waals surface area contributed by atoms with Crippen molar-refractivity contribution < 1.29 is 0 Å². The molecule has 0 spiro atoms. The van der Waals surface area contributed by atoms with E-state index in [1.54, 1.807) is 11.8 Å². The number of hydrogen-bond donors (Lipinski definition) is 1. The molecule has 3 nitrogen and oxygen atoms in total. The van der Waals surface area contributed by atoms with E-state index in [1.807, 2.05) is 12.1 Å². The van der Waals surface area contributed by atoms with E-state index in [2.05, 4.69) is 29.0 Å². The van der Waals surface area contributed by atoms with Gasteiger partial charge in [0.05, 0.1) is 17.3 Å². The summed E-state index contributed by atoms with van der Waals surface area (Å²) in [5, 5.41) is 0. The lowest BCUT2D eigenvalue weighted by Crippen LogP contribution is -2.11. The standard InChI is InChI=1S/C13H13ClN2OS/c1-9-4-2-3-5-11(9)18-8-12-15-10(7-14)6-13(17)16-12/h2-6H,7-8H2,1H3,(H,15,16,17). The summed E-state index contributed by atoms with van der Waals surface area (Å²) >= 11 is 7.34. The number of alkyl halides is 1. The van der Waals surface area contributed by atoms with Crippen molar-refractivity contribution in [1.82, 2.24) is 9.97 Å². The molecular weight excluding hydrogens is 268 g/mol. The van der Waals surface area contributed by atoms with Gasteiger partial charge in [-0.15, -0.1) is 23.4 Å². The van der Waals surface area contributed by atoms with E-state index in [4.69, 9.17) is 11.6 Å². The van der Waals surface area contributed by atoms with Crippen LogP contribution in [0.5, 0.6) is 0 Å². The number of thioether (sulfide) groups is 1. The first kappa shape index (κ1) is 13.2. The molecule has 0 aliphatic rings. The number of nitrogens with zero attached hydrogens (tertiary/aromatic N) is 1. The zero-order chi connectivity index (χ0) is 13.0. The number of benzene rings is 1. The molecule has 0 radical (unpaired) electrons. The van der Waals surface area contributed by atoms with Crippen LogP contribution >= 0.6 is 23.4 Å². The number of aromatic nitrogens is 2. The van der Waals surface area contributed by atoms with Crippen LogP contribution in [-0.2, 0) is 11.6 Å². The van der Waals surface area contributed by atoms with Gasteiger partial charge in [-0.2, -0.15) is 0 Å². The van der Waals surface area contributed by atoms with Crippen LogP contribution in [-0.4, -0.2) is 9.97 Å². The van der Waals surface area contributed by atoms with Crippen LogP contribution in [0.3, 0.4) is 0 Å². The van der Waals surface area contributed by atoms with Crippen molar-refractivity contribution in [2.45, 2.75) is 23.5 Å². The Kier molecular flexibility index (Phi) is 4.44. The molecule has 1 aromatic carbocycles. The van der Waals surface area contributed by atoms with Gasteiger partial charge in [-0.1, -0.05) is 18.2 Å². The summed E-state index contributed by atoms with van der Waals surface area (Å²) in [7, 11) is 0. The molecule has 1 aromatic heterocycles. The van der Waals surface area contributed by atoms with Crippen LogP contribution in [0, 0.1) is 6.92 Å². The summed E-state index contributed by atoms with van der Waals surface area (Å²) in [4.78, 5) is 19.6. The van der Waals surface area contributed by atoms with Gasteiger partial charge in [0.25, 0.3) is 5.56 Å². The van der Waals surface area contributed by atoms with Crippen molar-refractivity contribution in [1.29, 1.82) is 0 Å². The van der Waals surface area contributed by atoms with Crippen LogP contribution in [0.15, 0.2) is 40.0 Å². The number of halogens is 1. The van der Waals surface area contributed by atoms with Gasteiger partial charge < -0.3 is 4.98 Å². The third kappa shape index (κ3) is 3.37. The summed E-state index contributed by atoms with van der Waals surface area (Å²) in [6.45, 7) is 2.06. The first-order valence-corrected chi connectivity index (χ1v) is 7.04. The second kappa shape index (κ2) is 6.07. The Bertz CT molecular complexity index is 598. The lowest BCUT2D eigenvalue weighted by Gasteiger charge is -2.05. The lowest BCUT2D eigenvalue weighted by atomic mass is 10.2. The predicted molar refractivity (Wildman–Crippen MR) is 75.2 cm³/mol. The molecule has 2 rings (SSSR count). The largest absolute Gasteiger partial charge is 0.310 e. The molecule has 0 saturated heterocycles. The number of rotatable bonds is 4. The van der Waals surface area contributed by atoms with E-state index in [1.165, 1.54) is 16.5 Å². The third-order valence-corrected chi connectivity index (χ3v) is 3.90. The van der Waals surface area contributed by atoms with Gasteiger partial charge in [-0.25, -0.2) is 4.98 Å². The van der Waals surface area contributed by atoms with Gasteiger partial charge in [0.15, 0.2) is 0 Å². The molecule has 0 amide bonds. The molecule has 0 aliphatic carbocycles. The average Bonchev–Trinajstić information content (AvgIpc) is 2.37.